The summed E-state index contributed by atoms with van der Waals surface area (Å²) in [5.41, 5.74) is 0.698. The molecule has 0 spiro atoms. The largest absolute Gasteiger partial charge is 0.506 e. The Morgan fingerprint density at radius 1 is 0.821 bits per heavy atom. The first-order chi connectivity index (χ1) is 13.3. The number of carbonyl (C=O) groups excluding carboxylic acids is 4. The summed E-state index contributed by atoms with van der Waals surface area (Å²) < 4.78 is 9.23. The van der Waals surface area contributed by atoms with Crippen LogP contribution in [-0.4, -0.2) is 43.1 Å². The van der Waals surface area contributed by atoms with Gasteiger partial charge in [-0.2, -0.15) is 0 Å². The Morgan fingerprint density at radius 3 is 2.00 bits per heavy atom. The molecule has 9 heteroatoms. The maximum atomic E-state index is 12.2. The molecule has 0 fully saturated rings. The molecule has 2 amide bonds. The summed E-state index contributed by atoms with van der Waals surface area (Å²) in [5.74, 6) is -3.88. The van der Waals surface area contributed by atoms with Gasteiger partial charge in [0.05, 0.1) is 36.7 Å². The quantitative estimate of drug-likeness (QED) is 0.415. The molecular formula is C19H18N2O7. The van der Waals surface area contributed by atoms with E-state index >= 15 is 0 Å². The number of phenols is 1. The van der Waals surface area contributed by atoms with Gasteiger partial charge in [-0.1, -0.05) is 6.07 Å². The van der Waals surface area contributed by atoms with Crippen LogP contribution in [0.5, 0.6) is 5.75 Å². The maximum Gasteiger partial charge on any atom is 0.339 e. The molecular weight excluding hydrogens is 368 g/mol. The fourth-order valence-corrected chi connectivity index (χ4v) is 2.29. The van der Waals surface area contributed by atoms with Crippen LogP contribution in [0.15, 0.2) is 36.4 Å². The Bertz CT molecular complexity index is 953. The van der Waals surface area contributed by atoms with Crippen LogP contribution < -0.4 is 10.6 Å². The molecule has 0 radical (unpaired) electrons. The third kappa shape index (κ3) is 4.64. The Hall–Kier alpha value is -3.88. The number of carbonyl (C=O) groups is 4. The monoisotopic (exact) mass is 386 g/mol. The molecule has 0 bridgehead atoms. The number of anilines is 2. The summed E-state index contributed by atoms with van der Waals surface area (Å²) >= 11 is 0. The predicted molar refractivity (Wildman–Crippen MR) is 99.2 cm³/mol. The second-order valence-electron chi connectivity index (χ2n) is 5.67. The minimum absolute atomic E-state index is 0.0438. The van der Waals surface area contributed by atoms with E-state index in [-0.39, 0.29) is 28.3 Å². The first-order valence-corrected chi connectivity index (χ1v) is 7.99. The smallest absolute Gasteiger partial charge is 0.339 e. The van der Waals surface area contributed by atoms with Gasteiger partial charge in [0.2, 0.25) is 0 Å². The third-order valence-corrected chi connectivity index (χ3v) is 3.70. The summed E-state index contributed by atoms with van der Waals surface area (Å²) in [6.07, 6.45) is 0. The van der Waals surface area contributed by atoms with Crippen molar-refractivity contribution in [2.75, 3.05) is 24.9 Å². The van der Waals surface area contributed by atoms with Crippen molar-refractivity contribution in [2.45, 2.75) is 6.92 Å². The molecule has 3 N–H and O–H groups in total. The van der Waals surface area contributed by atoms with Crippen molar-refractivity contribution in [3.63, 3.8) is 0 Å². The van der Waals surface area contributed by atoms with E-state index in [4.69, 9.17) is 0 Å². The number of rotatable bonds is 4. The molecule has 0 saturated carbocycles. The number of ether oxygens (including phenoxy) is 2. The Balaban J connectivity index is 2.26. The molecule has 9 nitrogen and oxygen atoms in total. The Labute approximate surface area is 160 Å². The van der Waals surface area contributed by atoms with Crippen LogP contribution in [0.1, 0.15) is 26.3 Å². The molecule has 28 heavy (non-hydrogen) atoms. The van der Waals surface area contributed by atoms with Crippen LogP contribution in [-0.2, 0) is 19.1 Å². The van der Waals surface area contributed by atoms with Gasteiger partial charge in [0, 0.05) is 0 Å². The fraction of sp³-hybridized carbons (Fsp3) is 0.158. The summed E-state index contributed by atoms with van der Waals surface area (Å²) in [4.78, 5) is 47.9. The van der Waals surface area contributed by atoms with E-state index in [1.54, 1.807) is 13.0 Å². The van der Waals surface area contributed by atoms with Gasteiger partial charge >= 0.3 is 23.8 Å². The van der Waals surface area contributed by atoms with Gasteiger partial charge in [0.25, 0.3) is 0 Å². The standard InChI is InChI=1S/C19H18N2O7/c1-10-4-7-13(15(22)8-10)20-16(23)17(24)21-14-9-11(18(25)27-2)5-6-12(14)19(26)28-3/h4-9,22H,1-3H3,(H,20,23)(H,21,24). The van der Waals surface area contributed by atoms with Gasteiger partial charge in [0.15, 0.2) is 0 Å². The lowest BCUT2D eigenvalue weighted by atomic mass is 10.1. The van der Waals surface area contributed by atoms with Crippen LogP contribution in [0.25, 0.3) is 0 Å². The van der Waals surface area contributed by atoms with Crippen molar-refractivity contribution in [1.82, 2.24) is 0 Å². The van der Waals surface area contributed by atoms with E-state index < -0.39 is 23.8 Å². The molecule has 0 aliphatic carbocycles. The summed E-state index contributed by atoms with van der Waals surface area (Å²) in [7, 11) is 2.32. The zero-order chi connectivity index (χ0) is 20.8. The van der Waals surface area contributed by atoms with Gasteiger partial charge in [-0.25, -0.2) is 9.59 Å². The normalized spacial score (nSPS) is 9.96. The number of phenolic OH excluding ortho intramolecular Hbond substituents is 1. The molecule has 0 aromatic heterocycles. The number of methoxy groups -OCH3 is 2. The number of amides is 2. The van der Waals surface area contributed by atoms with Gasteiger partial charge in [-0.15, -0.1) is 0 Å². The molecule has 0 saturated heterocycles. The van der Waals surface area contributed by atoms with Crippen molar-refractivity contribution in [3.05, 3.63) is 53.1 Å². The van der Waals surface area contributed by atoms with Gasteiger partial charge in [-0.3, -0.25) is 9.59 Å². The molecule has 146 valence electrons. The minimum atomic E-state index is -1.12. The van der Waals surface area contributed by atoms with E-state index in [2.05, 4.69) is 20.1 Å². The van der Waals surface area contributed by atoms with Crippen LogP contribution in [0.2, 0.25) is 0 Å². The van der Waals surface area contributed by atoms with Crippen molar-refractivity contribution in [3.8, 4) is 5.75 Å². The van der Waals surface area contributed by atoms with Gasteiger partial charge < -0.3 is 25.2 Å². The number of hydrogen-bond acceptors (Lipinski definition) is 7. The number of benzene rings is 2. The second kappa shape index (κ2) is 8.67. The summed E-state index contributed by atoms with van der Waals surface area (Å²) in [6.45, 7) is 1.75. The van der Waals surface area contributed by atoms with Crippen LogP contribution >= 0.6 is 0 Å². The average Bonchev–Trinajstić information content (AvgIpc) is 2.68. The van der Waals surface area contributed by atoms with E-state index in [9.17, 15) is 24.3 Å². The molecule has 0 aliphatic rings. The molecule has 2 aromatic carbocycles. The van der Waals surface area contributed by atoms with E-state index in [1.807, 2.05) is 0 Å². The molecule has 0 aliphatic heterocycles. The molecule has 2 rings (SSSR count). The molecule has 2 aromatic rings. The van der Waals surface area contributed by atoms with Crippen LogP contribution in [0.4, 0.5) is 11.4 Å². The molecule has 0 heterocycles. The number of aryl methyl sites for hydroxylation is 1. The highest BCUT2D eigenvalue weighted by atomic mass is 16.5. The topological polar surface area (TPSA) is 131 Å². The molecule has 0 unspecified atom stereocenters. The number of aromatic hydroxyl groups is 1. The summed E-state index contributed by atoms with van der Waals surface area (Å²) in [5, 5.41) is 14.3. The maximum absolute atomic E-state index is 12.2. The lowest BCUT2D eigenvalue weighted by Gasteiger charge is -2.12. The van der Waals surface area contributed by atoms with E-state index in [0.29, 0.717) is 0 Å². The van der Waals surface area contributed by atoms with Gasteiger partial charge in [-0.05, 0) is 42.8 Å². The lowest BCUT2D eigenvalue weighted by molar-refractivity contribution is -0.133. The zero-order valence-electron chi connectivity index (χ0n) is 15.4. The highest BCUT2D eigenvalue weighted by Crippen LogP contribution is 2.24. The SMILES string of the molecule is COC(=O)c1ccc(C(=O)OC)c(NC(=O)C(=O)Nc2ccc(C)cc2O)c1. The van der Waals surface area contributed by atoms with E-state index in [1.165, 1.54) is 37.4 Å². The Morgan fingerprint density at radius 2 is 1.43 bits per heavy atom. The number of esters is 2. The minimum Gasteiger partial charge on any atom is -0.506 e. The molecule has 0 atom stereocenters. The van der Waals surface area contributed by atoms with Crippen molar-refractivity contribution in [2.24, 2.45) is 0 Å². The van der Waals surface area contributed by atoms with Crippen LogP contribution in [0.3, 0.4) is 0 Å². The van der Waals surface area contributed by atoms with Gasteiger partial charge in [0.1, 0.15) is 5.75 Å². The highest BCUT2D eigenvalue weighted by Gasteiger charge is 2.21. The van der Waals surface area contributed by atoms with E-state index in [0.717, 1.165) is 12.7 Å². The highest BCUT2D eigenvalue weighted by molar-refractivity contribution is 6.44. The fourth-order valence-electron chi connectivity index (χ4n) is 2.29. The predicted octanol–water partition coefficient (Wildman–Crippen LogP) is 1.85. The Kier molecular flexibility index (Phi) is 6.33. The lowest BCUT2D eigenvalue weighted by Crippen LogP contribution is -2.30. The number of nitrogens with one attached hydrogen (secondary N) is 2. The first kappa shape index (κ1) is 20.4. The van der Waals surface area contributed by atoms with Crippen molar-refractivity contribution < 1.29 is 33.8 Å². The van der Waals surface area contributed by atoms with Crippen molar-refractivity contribution in [1.29, 1.82) is 0 Å². The second-order valence-corrected chi connectivity index (χ2v) is 5.67. The number of hydrogen-bond donors (Lipinski definition) is 3. The average molecular weight is 386 g/mol. The van der Waals surface area contributed by atoms with Crippen molar-refractivity contribution >= 4 is 35.1 Å². The van der Waals surface area contributed by atoms with Crippen LogP contribution in [0, 0.1) is 6.92 Å². The third-order valence-electron chi connectivity index (χ3n) is 3.70. The summed E-state index contributed by atoms with van der Waals surface area (Å²) in [6, 6.07) is 8.26. The zero-order valence-corrected chi connectivity index (χ0v) is 15.4. The first-order valence-electron chi connectivity index (χ1n) is 7.99.